The number of amides is 2. The van der Waals surface area contributed by atoms with Crippen LogP contribution in [0.1, 0.15) is 11.1 Å². The van der Waals surface area contributed by atoms with Gasteiger partial charge in [-0.05, 0) is 36.6 Å². The molecule has 1 rings (SSSR count). The van der Waals surface area contributed by atoms with Crippen LogP contribution in [-0.4, -0.2) is 19.7 Å². The zero-order valence-corrected chi connectivity index (χ0v) is 10.6. The van der Waals surface area contributed by atoms with Crippen molar-refractivity contribution in [3.8, 4) is 5.75 Å². The summed E-state index contributed by atoms with van der Waals surface area (Å²) < 4.78 is 5.30. The average Bonchev–Trinajstić information content (AvgIpc) is 2.28. The summed E-state index contributed by atoms with van der Waals surface area (Å²) in [6.07, 6.45) is 0.623. The molecular weight excluding hydrogens is 242 g/mol. The first-order valence-electron chi connectivity index (χ1n) is 5.16. The molecule has 1 aromatic rings. The number of nitrogens with one attached hydrogen (secondary N) is 2. The van der Waals surface area contributed by atoms with Gasteiger partial charge in [0.05, 0.1) is 7.11 Å². The zero-order chi connectivity index (χ0) is 12.8. The summed E-state index contributed by atoms with van der Waals surface area (Å²) in [6.45, 7) is 2.38. The quantitative estimate of drug-likeness (QED) is 0.433. The van der Waals surface area contributed by atoms with Crippen molar-refractivity contribution in [3.63, 3.8) is 0 Å². The minimum absolute atomic E-state index is 0.414. The van der Waals surface area contributed by atoms with Crippen LogP contribution in [0.5, 0.6) is 5.75 Å². The molecule has 0 aliphatic carbocycles. The van der Waals surface area contributed by atoms with Crippen LogP contribution in [0.15, 0.2) is 12.1 Å². The molecule has 0 radical (unpaired) electrons. The minimum atomic E-state index is -0.414. The second kappa shape index (κ2) is 6.32. The summed E-state index contributed by atoms with van der Waals surface area (Å²) in [5, 5.41) is 3.25. The maximum absolute atomic E-state index is 10.9. The molecule has 0 aliphatic rings. The lowest BCUT2D eigenvalue weighted by Crippen LogP contribution is -2.40. The Kier molecular flexibility index (Phi) is 5.06. The number of carbonyl (C=O) groups excluding carboxylic acids is 1. The van der Waals surface area contributed by atoms with Gasteiger partial charge in [-0.1, -0.05) is 11.6 Å². The highest BCUT2D eigenvalue weighted by Gasteiger charge is 2.08. The van der Waals surface area contributed by atoms with Gasteiger partial charge in [-0.25, -0.2) is 10.6 Å². The standard InChI is InChI=1S/C11H16ClN3O2/c1-7-5-9(12)6-8(10(7)17-2)3-4-14-11(16)15-13/h5-6H,3-4,13H2,1-2H3,(H2,14,15,16). The predicted molar refractivity (Wildman–Crippen MR) is 67.2 cm³/mol. The molecule has 2 amide bonds. The number of nitrogens with two attached hydrogens (primary N) is 1. The fraction of sp³-hybridized carbons (Fsp3) is 0.364. The Bertz CT molecular complexity index is 410. The van der Waals surface area contributed by atoms with E-state index in [1.807, 2.05) is 24.5 Å². The summed E-state index contributed by atoms with van der Waals surface area (Å²) in [4.78, 5) is 10.9. The molecule has 0 bridgehead atoms. The summed E-state index contributed by atoms with van der Waals surface area (Å²) in [5.41, 5.74) is 3.92. The molecule has 5 nitrogen and oxygen atoms in total. The van der Waals surface area contributed by atoms with E-state index in [0.29, 0.717) is 18.0 Å². The Morgan fingerprint density at radius 3 is 2.82 bits per heavy atom. The predicted octanol–water partition coefficient (Wildman–Crippen LogP) is 1.37. The van der Waals surface area contributed by atoms with Crippen molar-refractivity contribution < 1.29 is 9.53 Å². The number of hydrogen-bond acceptors (Lipinski definition) is 3. The van der Waals surface area contributed by atoms with E-state index in [-0.39, 0.29) is 0 Å². The van der Waals surface area contributed by atoms with Gasteiger partial charge < -0.3 is 10.1 Å². The first kappa shape index (κ1) is 13.6. The van der Waals surface area contributed by atoms with E-state index in [4.69, 9.17) is 22.2 Å². The SMILES string of the molecule is COc1c(C)cc(Cl)cc1CCNC(=O)NN. The van der Waals surface area contributed by atoms with E-state index in [1.165, 1.54) is 0 Å². The Labute approximate surface area is 105 Å². The third kappa shape index (κ3) is 3.80. The van der Waals surface area contributed by atoms with Crippen molar-refractivity contribution in [1.82, 2.24) is 10.7 Å². The summed E-state index contributed by atoms with van der Waals surface area (Å²) in [7, 11) is 1.61. The molecule has 94 valence electrons. The lowest BCUT2D eigenvalue weighted by atomic mass is 10.1. The number of halogens is 1. The summed E-state index contributed by atoms with van der Waals surface area (Å²) >= 11 is 5.97. The van der Waals surface area contributed by atoms with Crippen molar-refractivity contribution in [2.75, 3.05) is 13.7 Å². The maximum Gasteiger partial charge on any atom is 0.328 e. The summed E-state index contributed by atoms with van der Waals surface area (Å²) in [6, 6.07) is 3.25. The average molecular weight is 258 g/mol. The number of hydrazine groups is 1. The van der Waals surface area contributed by atoms with E-state index in [2.05, 4.69) is 5.32 Å². The van der Waals surface area contributed by atoms with Gasteiger partial charge in [0, 0.05) is 11.6 Å². The van der Waals surface area contributed by atoms with Crippen molar-refractivity contribution in [2.45, 2.75) is 13.3 Å². The molecule has 0 saturated carbocycles. The molecule has 0 spiro atoms. The van der Waals surface area contributed by atoms with Gasteiger partial charge >= 0.3 is 6.03 Å². The van der Waals surface area contributed by atoms with Gasteiger partial charge in [0.15, 0.2) is 0 Å². The van der Waals surface area contributed by atoms with Gasteiger partial charge in [0.1, 0.15) is 5.75 Å². The van der Waals surface area contributed by atoms with Gasteiger partial charge in [0.25, 0.3) is 0 Å². The third-order valence-electron chi connectivity index (χ3n) is 2.33. The highest BCUT2D eigenvalue weighted by molar-refractivity contribution is 6.30. The fourth-order valence-electron chi connectivity index (χ4n) is 1.64. The smallest absolute Gasteiger partial charge is 0.328 e. The van der Waals surface area contributed by atoms with E-state index >= 15 is 0 Å². The van der Waals surface area contributed by atoms with Crippen molar-refractivity contribution in [2.24, 2.45) is 5.84 Å². The molecule has 1 aromatic carbocycles. The number of benzene rings is 1. The van der Waals surface area contributed by atoms with E-state index in [0.717, 1.165) is 16.9 Å². The topological polar surface area (TPSA) is 76.4 Å². The van der Waals surface area contributed by atoms with E-state index in [9.17, 15) is 4.79 Å². The van der Waals surface area contributed by atoms with E-state index in [1.54, 1.807) is 7.11 Å². The third-order valence-corrected chi connectivity index (χ3v) is 2.55. The van der Waals surface area contributed by atoms with Crippen LogP contribution in [0.2, 0.25) is 5.02 Å². The number of ether oxygens (including phenoxy) is 1. The molecule has 0 heterocycles. The Morgan fingerprint density at radius 1 is 1.53 bits per heavy atom. The fourth-order valence-corrected chi connectivity index (χ4v) is 1.93. The number of methoxy groups -OCH3 is 1. The number of urea groups is 1. The van der Waals surface area contributed by atoms with Crippen molar-refractivity contribution in [3.05, 3.63) is 28.3 Å². The Morgan fingerprint density at radius 2 is 2.24 bits per heavy atom. The number of rotatable bonds is 4. The lowest BCUT2D eigenvalue weighted by molar-refractivity contribution is 0.241. The van der Waals surface area contributed by atoms with Gasteiger partial charge in [-0.2, -0.15) is 0 Å². The number of aryl methyl sites for hydroxylation is 1. The Balaban J connectivity index is 2.72. The largest absolute Gasteiger partial charge is 0.496 e. The second-order valence-electron chi connectivity index (χ2n) is 3.57. The van der Waals surface area contributed by atoms with E-state index < -0.39 is 6.03 Å². The molecule has 0 atom stereocenters. The second-order valence-corrected chi connectivity index (χ2v) is 4.00. The zero-order valence-electron chi connectivity index (χ0n) is 9.84. The molecular formula is C11H16ClN3O2. The number of hydrogen-bond donors (Lipinski definition) is 3. The van der Waals surface area contributed by atoms with Crippen molar-refractivity contribution in [1.29, 1.82) is 0 Å². The monoisotopic (exact) mass is 257 g/mol. The molecule has 0 fully saturated rings. The first-order chi connectivity index (χ1) is 8.08. The number of carbonyl (C=O) groups is 1. The highest BCUT2D eigenvalue weighted by atomic mass is 35.5. The van der Waals surface area contributed by atoms with Crippen molar-refractivity contribution >= 4 is 17.6 Å². The lowest BCUT2D eigenvalue weighted by Gasteiger charge is -2.12. The first-order valence-corrected chi connectivity index (χ1v) is 5.53. The van der Waals surface area contributed by atoms with Gasteiger partial charge in [0.2, 0.25) is 0 Å². The van der Waals surface area contributed by atoms with Crippen LogP contribution >= 0.6 is 11.6 Å². The molecule has 0 saturated heterocycles. The summed E-state index contributed by atoms with van der Waals surface area (Å²) in [5.74, 6) is 5.74. The maximum atomic E-state index is 10.9. The van der Waals surface area contributed by atoms with Crippen LogP contribution in [0, 0.1) is 6.92 Å². The highest BCUT2D eigenvalue weighted by Crippen LogP contribution is 2.27. The molecule has 4 N–H and O–H groups in total. The molecule has 6 heteroatoms. The van der Waals surface area contributed by atoms with Crippen LogP contribution in [0.3, 0.4) is 0 Å². The van der Waals surface area contributed by atoms with Gasteiger partial charge in [-0.15, -0.1) is 0 Å². The molecule has 0 aromatic heterocycles. The van der Waals surface area contributed by atoms with Crippen LogP contribution < -0.4 is 21.3 Å². The molecule has 0 aliphatic heterocycles. The Hall–Kier alpha value is -1.46. The normalized spacial score (nSPS) is 9.88. The van der Waals surface area contributed by atoms with Gasteiger partial charge in [-0.3, -0.25) is 5.43 Å². The minimum Gasteiger partial charge on any atom is -0.496 e. The van der Waals surface area contributed by atoms with Crippen LogP contribution in [0.4, 0.5) is 4.79 Å². The molecule has 0 unspecified atom stereocenters. The molecule has 17 heavy (non-hydrogen) atoms. The van der Waals surface area contributed by atoms with Crippen LogP contribution in [0.25, 0.3) is 0 Å². The van der Waals surface area contributed by atoms with Crippen LogP contribution in [-0.2, 0) is 6.42 Å².